The smallest absolute Gasteiger partial charge is 0.195 e. The van der Waals surface area contributed by atoms with E-state index in [1.54, 1.807) is 12.0 Å². The summed E-state index contributed by atoms with van der Waals surface area (Å²) in [6.07, 6.45) is 1.15. The molecule has 0 radical (unpaired) electrons. The van der Waals surface area contributed by atoms with Crippen LogP contribution in [-0.2, 0) is 13.0 Å². The van der Waals surface area contributed by atoms with Gasteiger partial charge in [-0.15, -0.1) is 35.3 Å². The van der Waals surface area contributed by atoms with E-state index in [9.17, 15) is 0 Å². The molecule has 2 heterocycles. The Morgan fingerprint density at radius 2 is 2.10 bits per heavy atom. The Morgan fingerprint density at radius 3 is 2.86 bits per heavy atom. The van der Waals surface area contributed by atoms with Gasteiger partial charge in [-0.2, -0.15) is 0 Å². The largest absolute Gasteiger partial charge is 0.493 e. The number of methoxy groups -OCH3 is 1. The molecule has 0 atom stereocenters. The highest BCUT2D eigenvalue weighted by Crippen LogP contribution is 2.30. The molecule has 0 fully saturated rings. The number of hydrogen-bond donors (Lipinski definition) is 2. The molecule has 29 heavy (non-hydrogen) atoms. The standard InChI is InChI=1S/C21H30N4O2S.HI/c1-4-22-21(24-17-6-7-18(27-5-2)19(14-17)26-3)23-10-12-25-11-8-20-16(15-25)9-13-28-20;/h6-7,9,13-14H,4-5,8,10-12,15H2,1-3H3,(H2,22,23,24);1H. The number of rotatable bonds is 8. The molecular formula is C21H31IN4O2S. The quantitative estimate of drug-likeness (QED) is 0.304. The molecule has 1 aliphatic rings. The zero-order valence-electron chi connectivity index (χ0n) is 17.4. The first-order chi connectivity index (χ1) is 13.7. The van der Waals surface area contributed by atoms with Crippen LogP contribution in [0, 0.1) is 0 Å². The minimum atomic E-state index is 0. The second-order valence-corrected chi connectivity index (χ2v) is 7.58. The summed E-state index contributed by atoms with van der Waals surface area (Å²) < 4.78 is 11.0. The lowest BCUT2D eigenvalue weighted by atomic mass is 10.1. The third-order valence-corrected chi connectivity index (χ3v) is 5.67. The molecule has 0 spiro atoms. The zero-order valence-corrected chi connectivity index (χ0v) is 20.5. The molecule has 0 bridgehead atoms. The van der Waals surface area contributed by atoms with Gasteiger partial charge in [-0.3, -0.25) is 9.89 Å². The van der Waals surface area contributed by atoms with Gasteiger partial charge in [-0.05, 0) is 49.4 Å². The molecule has 3 rings (SSSR count). The monoisotopic (exact) mass is 530 g/mol. The van der Waals surface area contributed by atoms with Gasteiger partial charge in [0.2, 0.25) is 0 Å². The Hall–Kier alpha value is -1.52. The Bertz CT molecular complexity index is 797. The van der Waals surface area contributed by atoms with Crippen LogP contribution < -0.4 is 20.1 Å². The number of ether oxygens (including phenoxy) is 2. The fourth-order valence-corrected chi connectivity index (χ4v) is 4.15. The fourth-order valence-electron chi connectivity index (χ4n) is 3.26. The van der Waals surface area contributed by atoms with Crippen LogP contribution in [0.5, 0.6) is 11.5 Å². The highest BCUT2D eigenvalue weighted by Gasteiger charge is 2.16. The summed E-state index contributed by atoms with van der Waals surface area (Å²) in [4.78, 5) is 8.76. The molecule has 6 nitrogen and oxygen atoms in total. The van der Waals surface area contributed by atoms with Crippen molar-refractivity contribution in [2.75, 3.05) is 45.2 Å². The average Bonchev–Trinajstić information content (AvgIpc) is 3.17. The van der Waals surface area contributed by atoms with Gasteiger partial charge in [0.05, 0.1) is 20.3 Å². The van der Waals surface area contributed by atoms with E-state index in [0.717, 1.165) is 56.5 Å². The molecule has 1 aliphatic heterocycles. The molecule has 1 aromatic carbocycles. The summed E-state index contributed by atoms with van der Waals surface area (Å²) in [6.45, 7) is 9.30. The van der Waals surface area contributed by atoms with Gasteiger partial charge in [0.25, 0.3) is 0 Å². The first-order valence-electron chi connectivity index (χ1n) is 9.87. The molecule has 1 aromatic heterocycles. The second-order valence-electron chi connectivity index (χ2n) is 6.58. The van der Waals surface area contributed by atoms with Crippen molar-refractivity contribution in [1.29, 1.82) is 0 Å². The number of nitrogens with zero attached hydrogens (tertiary/aromatic N) is 2. The van der Waals surface area contributed by atoms with Crippen molar-refractivity contribution in [2.24, 2.45) is 4.99 Å². The number of hydrogen-bond acceptors (Lipinski definition) is 5. The first-order valence-corrected chi connectivity index (χ1v) is 10.7. The summed E-state index contributed by atoms with van der Waals surface area (Å²) >= 11 is 1.88. The van der Waals surface area contributed by atoms with Crippen LogP contribution in [0.25, 0.3) is 0 Å². The van der Waals surface area contributed by atoms with E-state index in [1.165, 1.54) is 5.56 Å². The predicted octanol–water partition coefficient (Wildman–Crippen LogP) is 4.21. The number of fused-ring (bicyclic) bond motifs is 1. The molecular weight excluding hydrogens is 499 g/mol. The maximum absolute atomic E-state index is 5.58. The van der Waals surface area contributed by atoms with Gasteiger partial charge in [-0.25, -0.2) is 0 Å². The number of benzene rings is 1. The van der Waals surface area contributed by atoms with Crippen molar-refractivity contribution >= 4 is 47.0 Å². The highest BCUT2D eigenvalue weighted by atomic mass is 127. The van der Waals surface area contributed by atoms with Crippen molar-refractivity contribution in [1.82, 2.24) is 10.2 Å². The molecule has 0 saturated carbocycles. The van der Waals surface area contributed by atoms with Crippen LogP contribution in [0.4, 0.5) is 5.69 Å². The van der Waals surface area contributed by atoms with Gasteiger partial charge < -0.3 is 20.1 Å². The van der Waals surface area contributed by atoms with E-state index in [-0.39, 0.29) is 24.0 Å². The van der Waals surface area contributed by atoms with Crippen molar-refractivity contribution in [3.05, 3.63) is 40.1 Å². The molecule has 0 aliphatic carbocycles. The van der Waals surface area contributed by atoms with E-state index in [0.29, 0.717) is 12.4 Å². The van der Waals surface area contributed by atoms with Crippen LogP contribution in [0.1, 0.15) is 24.3 Å². The topological polar surface area (TPSA) is 58.1 Å². The van der Waals surface area contributed by atoms with Crippen LogP contribution in [0.15, 0.2) is 34.6 Å². The minimum Gasteiger partial charge on any atom is -0.493 e. The number of nitrogens with one attached hydrogen (secondary N) is 2. The van der Waals surface area contributed by atoms with E-state index in [2.05, 4.69) is 33.9 Å². The van der Waals surface area contributed by atoms with E-state index in [4.69, 9.17) is 14.5 Å². The first kappa shape index (κ1) is 23.8. The molecule has 8 heteroatoms. The summed E-state index contributed by atoms with van der Waals surface area (Å²) in [5.41, 5.74) is 2.40. The number of aliphatic imine (C=N–C) groups is 1. The van der Waals surface area contributed by atoms with Crippen LogP contribution in [0.3, 0.4) is 0 Å². The normalized spacial score (nSPS) is 14.0. The second kappa shape index (κ2) is 12.2. The summed E-state index contributed by atoms with van der Waals surface area (Å²) in [5.74, 6) is 2.24. The predicted molar refractivity (Wildman–Crippen MR) is 132 cm³/mol. The number of thiophene rings is 1. The van der Waals surface area contributed by atoms with Crippen molar-refractivity contribution < 1.29 is 9.47 Å². The van der Waals surface area contributed by atoms with Gasteiger partial charge in [0.1, 0.15) is 0 Å². The maximum Gasteiger partial charge on any atom is 0.195 e. The third-order valence-electron chi connectivity index (χ3n) is 4.64. The molecule has 2 aromatic rings. The molecule has 0 saturated heterocycles. The lowest BCUT2D eigenvalue weighted by Crippen LogP contribution is -2.34. The van der Waals surface area contributed by atoms with E-state index in [1.807, 2.05) is 36.5 Å². The van der Waals surface area contributed by atoms with Crippen molar-refractivity contribution in [3.8, 4) is 11.5 Å². The van der Waals surface area contributed by atoms with Gasteiger partial charge in [0.15, 0.2) is 17.5 Å². The lowest BCUT2D eigenvalue weighted by Gasteiger charge is -2.26. The van der Waals surface area contributed by atoms with E-state index >= 15 is 0 Å². The zero-order chi connectivity index (χ0) is 19.8. The Labute approximate surface area is 194 Å². The molecule has 0 unspecified atom stereocenters. The van der Waals surface area contributed by atoms with Gasteiger partial charge >= 0.3 is 0 Å². The maximum atomic E-state index is 5.58. The average molecular weight is 530 g/mol. The number of anilines is 1. The highest BCUT2D eigenvalue weighted by molar-refractivity contribution is 14.0. The fraction of sp³-hybridized carbons (Fsp3) is 0.476. The molecule has 160 valence electrons. The van der Waals surface area contributed by atoms with Gasteiger partial charge in [-0.1, -0.05) is 0 Å². The Balaban J connectivity index is 0.00000300. The van der Waals surface area contributed by atoms with Crippen LogP contribution >= 0.6 is 35.3 Å². The summed E-state index contributed by atoms with van der Waals surface area (Å²) in [5, 5.41) is 8.87. The lowest BCUT2D eigenvalue weighted by molar-refractivity contribution is 0.264. The van der Waals surface area contributed by atoms with Crippen molar-refractivity contribution in [3.63, 3.8) is 0 Å². The SMILES string of the molecule is CCNC(=NCCN1CCc2sccc2C1)Nc1ccc(OCC)c(OC)c1.I. The molecule has 0 amide bonds. The van der Waals surface area contributed by atoms with Crippen molar-refractivity contribution in [2.45, 2.75) is 26.8 Å². The minimum absolute atomic E-state index is 0. The number of guanidine groups is 1. The van der Waals surface area contributed by atoms with Crippen LogP contribution in [0.2, 0.25) is 0 Å². The van der Waals surface area contributed by atoms with E-state index < -0.39 is 0 Å². The summed E-state index contributed by atoms with van der Waals surface area (Å²) in [7, 11) is 1.65. The summed E-state index contributed by atoms with van der Waals surface area (Å²) in [6, 6.07) is 8.07. The molecule has 2 N–H and O–H groups in total. The Morgan fingerprint density at radius 1 is 1.24 bits per heavy atom. The number of halogens is 1. The Kier molecular flexibility index (Phi) is 10.0. The van der Waals surface area contributed by atoms with Gasteiger partial charge in [0, 0.05) is 42.8 Å². The van der Waals surface area contributed by atoms with Crippen LogP contribution in [-0.4, -0.2) is 50.8 Å². The third kappa shape index (κ3) is 6.75.